The molecular formula is C23H20BrCl2N5O. The van der Waals surface area contributed by atoms with E-state index in [1.165, 1.54) is 0 Å². The summed E-state index contributed by atoms with van der Waals surface area (Å²) in [6.45, 7) is 1.21. The van der Waals surface area contributed by atoms with E-state index in [2.05, 4.69) is 26.3 Å². The summed E-state index contributed by atoms with van der Waals surface area (Å²) >= 11 is 16.0. The van der Waals surface area contributed by atoms with Crippen LogP contribution in [-0.4, -0.2) is 45.5 Å². The zero-order valence-electron chi connectivity index (χ0n) is 17.2. The minimum absolute atomic E-state index is 0.0982. The van der Waals surface area contributed by atoms with Gasteiger partial charge in [-0.1, -0.05) is 53.5 Å². The Bertz CT molecular complexity index is 1280. The van der Waals surface area contributed by atoms with E-state index in [9.17, 15) is 4.79 Å². The molecule has 1 N–H and O–H groups in total. The van der Waals surface area contributed by atoms with E-state index in [0.29, 0.717) is 34.3 Å². The molecule has 2 aromatic carbocycles. The average Bonchev–Trinajstić information content (AvgIpc) is 3.17. The molecule has 0 saturated carbocycles. The normalized spacial score (nSPS) is 11.0. The highest BCUT2D eigenvalue weighted by Gasteiger charge is 2.15. The van der Waals surface area contributed by atoms with E-state index >= 15 is 0 Å². The number of hydrogen-bond acceptors (Lipinski definition) is 4. The van der Waals surface area contributed by atoms with Crippen LogP contribution in [0.4, 0.5) is 5.82 Å². The van der Waals surface area contributed by atoms with Crippen LogP contribution >= 0.6 is 39.1 Å². The predicted molar refractivity (Wildman–Crippen MR) is 133 cm³/mol. The number of halogens is 3. The topological polar surface area (TPSA) is 62.5 Å². The highest BCUT2D eigenvalue weighted by molar-refractivity contribution is 9.10. The Labute approximate surface area is 204 Å². The largest absolute Gasteiger partial charge is 0.370 e. The van der Waals surface area contributed by atoms with Gasteiger partial charge >= 0.3 is 0 Å². The number of hydrogen-bond donors (Lipinski definition) is 1. The van der Waals surface area contributed by atoms with Crippen LogP contribution in [0, 0.1) is 0 Å². The Hall–Kier alpha value is -2.61. The lowest BCUT2D eigenvalue weighted by Gasteiger charge is -2.18. The smallest absolute Gasteiger partial charge is 0.255 e. The van der Waals surface area contributed by atoms with Crippen LogP contribution in [0.5, 0.6) is 0 Å². The van der Waals surface area contributed by atoms with Gasteiger partial charge in [-0.25, -0.2) is 4.98 Å². The molecule has 0 aliphatic heterocycles. The highest BCUT2D eigenvalue weighted by Crippen LogP contribution is 2.30. The molecule has 0 fully saturated rings. The molecule has 0 aliphatic rings. The SMILES string of the molecule is CN(CCCNc1cc(-c2ccccc2Cl)nc2c(Br)cnn12)C(=O)c1ccccc1Cl. The molecular weight excluding hydrogens is 513 g/mol. The van der Waals surface area contributed by atoms with Gasteiger partial charge in [0.25, 0.3) is 5.91 Å². The van der Waals surface area contributed by atoms with Crippen molar-refractivity contribution in [1.82, 2.24) is 19.5 Å². The molecule has 4 rings (SSSR count). The molecule has 0 atom stereocenters. The second-order valence-electron chi connectivity index (χ2n) is 7.22. The predicted octanol–water partition coefficient (Wildman–Crippen LogP) is 6.04. The zero-order valence-corrected chi connectivity index (χ0v) is 20.3. The maximum absolute atomic E-state index is 12.6. The number of amides is 1. The summed E-state index contributed by atoms with van der Waals surface area (Å²) in [6.07, 6.45) is 2.44. The summed E-state index contributed by atoms with van der Waals surface area (Å²) in [5.41, 5.74) is 2.79. The third-order valence-corrected chi connectivity index (χ3v) is 6.22. The molecule has 32 heavy (non-hydrogen) atoms. The lowest BCUT2D eigenvalue weighted by atomic mass is 10.1. The second kappa shape index (κ2) is 9.90. The molecule has 4 aromatic rings. The molecule has 9 heteroatoms. The lowest BCUT2D eigenvalue weighted by molar-refractivity contribution is 0.0795. The van der Waals surface area contributed by atoms with E-state index < -0.39 is 0 Å². The number of nitrogens with zero attached hydrogens (tertiary/aromatic N) is 4. The maximum atomic E-state index is 12.6. The first-order chi connectivity index (χ1) is 15.5. The first kappa shape index (κ1) is 22.6. The molecule has 0 unspecified atom stereocenters. The van der Waals surface area contributed by atoms with Crippen molar-refractivity contribution in [2.75, 3.05) is 25.5 Å². The van der Waals surface area contributed by atoms with Gasteiger partial charge in [-0.15, -0.1) is 0 Å². The summed E-state index contributed by atoms with van der Waals surface area (Å²) in [5, 5.41) is 8.89. The van der Waals surface area contributed by atoms with Crippen LogP contribution in [-0.2, 0) is 0 Å². The molecule has 0 aliphatic carbocycles. The van der Waals surface area contributed by atoms with Gasteiger partial charge in [0.1, 0.15) is 5.82 Å². The maximum Gasteiger partial charge on any atom is 0.255 e. The summed E-state index contributed by atoms with van der Waals surface area (Å²) in [6, 6.07) is 16.6. The van der Waals surface area contributed by atoms with E-state index in [4.69, 9.17) is 28.2 Å². The van der Waals surface area contributed by atoms with Gasteiger partial charge in [0.15, 0.2) is 5.65 Å². The first-order valence-electron chi connectivity index (χ1n) is 9.99. The van der Waals surface area contributed by atoms with Crippen LogP contribution < -0.4 is 5.32 Å². The third-order valence-electron chi connectivity index (χ3n) is 5.01. The van der Waals surface area contributed by atoms with Crippen LogP contribution in [0.15, 0.2) is 65.3 Å². The van der Waals surface area contributed by atoms with Gasteiger partial charge in [0.05, 0.1) is 26.9 Å². The number of nitrogens with one attached hydrogen (secondary N) is 1. The number of fused-ring (bicyclic) bond motifs is 1. The van der Waals surface area contributed by atoms with Crippen LogP contribution in [0.1, 0.15) is 16.8 Å². The van der Waals surface area contributed by atoms with Gasteiger partial charge in [-0.05, 0) is 40.5 Å². The van der Waals surface area contributed by atoms with Gasteiger partial charge in [0, 0.05) is 36.8 Å². The average molecular weight is 533 g/mol. The number of carbonyl (C=O) groups excluding carboxylic acids is 1. The Morgan fingerprint density at radius 2 is 1.84 bits per heavy atom. The summed E-state index contributed by atoms with van der Waals surface area (Å²) in [4.78, 5) is 19.0. The first-order valence-corrected chi connectivity index (χ1v) is 11.5. The highest BCUT2D eigenvalue weighted by atomic mass is 79.9. The van der Waals surface area contributed by atoms with E-state index in [1.807, 2.05) is 42.5 Å². The Kier molecular flexibility index (Phi) is 6.98. The fourth-order valence-electron chi connectivity index (χ4n) is 3.34. The number of carbonyl (C=O) groups is 1. The van der Waals surface area contributed by atoms with Crippen molar-refractivity contribution in [2.24, 2.45) is 0 Å². The van der Waals surface area contributed by atoms with Crippen LogP contribution in [0.2, 0.25) is 10.0 Å². The number of rotatable bonds is 7. The van der Waals surface area contributed by atoms with E-state index in [0.717, 1.165) is 28.0 Å². The van der Waals surface area contributed by atoms with Crippen LogP contribution in [0.3, 0.4) is 0 Å². The van der Waals surface area contributed by atoms with Gasteiger partial charge < -0.3 is 10.2 Å². The lowest BCUT2D eigenvalue weighted by Crippen LogP contribution is -2.29. The standard InChI is InChI=1S/C23H20BrCl2N5O/c1-30(23(32)16-8-3-5-10-19(16)26)12-6-11-27-21-13-20(15-7-2-4-9-18(15)25)29-22-17(24)14-28-31(21)22/h2-5,7-10,13-14,27H,6,11-12H2,1H3. The van der Waals surface area contributed by atoms with Crippen LogP contribution in [0.25, 0.3) is 16.9 Å². The molecule has 2 heterocycles. The van der Waals surface area contributed by atoms with Crippen molar-refractivity contribution >= 4 is 56.5 Å². The Morgan fingerprint density at radius 1 is 1.12 bits per heavy atom. The summed E-state index contributed by atoms with van der Waals surface area (Å²) in [5.74, 6) is 0.689. The molecule has 6 nitrogen and oxygen atoms in total. The van der Waals surface area contributed by atoms with E-state index in [-0.39, 0.29) is 5.91 Å². The second-order valence-corrected chi connectivity index (χ2v) is 8.89. The monoisotopic (exact) mass is 531 g/mol. The molecule has 0 spiro atoms. The van der Waals surface area contributed by atoms with Gasteiger partial charge in [-0.2, -0.15) is 9.61 Å². The van der Waals surface area contributed by atoms with Crippen molar-refractivity contribution in [2.45, 2.75) is 6.42 Å². The third kappa shape index (κ3) is 4.75. The van der Waals surface area contributed by atoms with Gasteiger partial charge in [-0.3, -0.25) is 4.79 Å². The number of aromatic nitrogens is 3. The molecule has 164 valence electrons. The summed E-state index contributed by atoms with van der Waals surface area (Å²) in [7, 11) is 1.77. The van der Waals surface area contributed by atoms with Crippen molar-refractivity contribution in [1.29, 1.82) is 0 Å². The molecule has 2 aromatic heterocycles. The molecule has 0 radical (unpaired) electrons. The van der Waals surface area contributed by atoms with Gasteiger partial charge in [0.2, 0.25) is 0 Å². The van der Waals surface area contributed by atoms with Crippen molar-refractivity contribution in [3.63, 3.8) is 0 Å². The molecule has 1 amide bonds. The zero-order chi connectivity index (χ0) is 22.7. The van der Waals surface area contributed by atoms with E-state index in [1.54, 1.807) is 34.8 Å². The van der Waals surface area contributed by atoms with Crippen molar-refractivity contribution in [3.05, 3.63) is 80.9 Å². The molecule has 0 bridgehead atoms. The minimum atomic E-state index is -0.0982. The number of benzene rings is 2. The summed E-state index contributed by atoms with van der Waals surface area (Å²) < 4.78 is 2.53. The Balaban J connectivity index is 1.47. The quantitative estimate of drug-likeness (QED) is 0.295. The van der Waals surface area contributed by atoms with Crippen molar-refractivity contribution in [3.8, 4) is 11.3 Å². The fourth-order valence-corrected chi connectivity index (χ4v) is 4.14. The molecule has 0 saturated heterocycles. The number of anilines is 1. The van der Waals surface area contributed by atoms with Crippen molar-refractivity contribution < 1.29 is 4.79 Å². The minimum Gasteiger partial charge on any atom is -0.370 e. The Morgan fingerprint density at radius 3 is 2.59 bits per heavy atom. The fraction of sp³-hybridized carbons (Fsp3) is 0.174.